The molecule has 1 aromatic heterocycles. The fourth-order valence-electron chi connectivity index (χ4n) is 2.61. The summed E-state index contributed by atoms with van der Waals surface area (Å²) >= 11 is 2.64. The Morgan fingerprint density at radius 1 is 1.24 bits per heavy atom. The van der Waals surface area contributed by atoms with Crippen molar-refractivity contribution in [3.05, 3.63) is 11.2 Å². The van der Waals surface area contributed by atoms with Crippen LogP contribution >= 0.6 is 11.3 Å². The van der Waals surface area contributed by atoms with Gasteiger partial charge in [-0.05, 0) is 12.8 Å². The minimum absolute atomic E-state index is 0.409. The molecule has 0 radical (unpaired) electrons. The fourth-order valence-corrected chi connectivity index (χ4v) is 4.23. The van der Waals surface area contributed by atoms with Crippen LogP contribution in [-0.2, 0) is 15.1 Å². The van der Waals surface area contributed by atoms with E-state index >= 15 is 0 Å². The molecule has 92 valence electrons. The summed E-state index contributed by atoms with van der Waals surface area (Å²) in [7, 11) is 0. The van der Waals surface area contributed by atoms with Gasteiger partial charge in [0, 0.05) is 19.0 Å². The van der Waals surface area contributed by atoms with Crippen LogP contribution in [0.4, 0.5) is 0 Å². The maximum absolute atomic E-state index is 10.7. The molecule has 3 rings (SSSR count). The zero-order valence-corrected chi connectivity index (χ0v) is 12.8. The van der Waals surface area contributed by atoms with Gasteiger partial charge in [-0.15, -0.1) is 11.3 Å². The molecule has 1 aliphatic heterocycles. The lowest BCUT2D eigenvalue weighted by molar-refractivity contribution is -0.204. The lowest BCUT2D eigenvalue weighted by atomic mass is 9.82. The van der Waals surface area contributed by atoms with Crippen molar-refractivity contribution in [1.29, 1.82) is 0 Å². The van der Waals surface area contributed by atoms with Crippen molar-refractivity contribution in [3.63, 3.8) is 0 Å². The predicted molar refractivity (Wildman–Crippen MR) is 67.3 cm³/mol. The third-order valence-electron chi connectivity index (χ3n) is 3.67. The summed E-state index contributed by atoms with van der Waals surface area (Å²) in [6.07, 6.45) is 4.78. The van der Waals surface area contributed by atoms with Gasteiger partial charge >= 0.3 is 0 Å². The Balaban J connectivity index is 1.75. The van der Waals surface area contributed by atoms with Crippen LogP contribution in [0.1, 0.15) is 30.7 Å². The molecular formula is C11H16AlNO3S. The molecule has 1 spiro atoms. The molecule has 1 aromatic rings. The minimum Gasteiger partial charge on any atom is -0.383 e. The zero-order chi connectivity index (χ0) is 11.9. The molecule has 4 nitrogen and oxygen atoms in total. The molecule has 0 unspecified atom stereocenters. The highest BCUT2D eigenvalue weighted by atomic mass is 32.1. The summed E-state index contributed by atoms with van der Waals surface area (Å²) in [5.74, 6) is -0.409. The van der Waals surface area contributed by atoms with Gasteiger partial charge in [-0.25, -0.2) is 4.98 Å². The Hall–Kier alpha value is 0.0425. The molecule has 0 amide bonds. The molecule has 6 heteroatoms. The summed E-state index contributed by atoms with van der Waals surface area (Å²) in [6, 6.07) is 0. The summed E-state index contributed by atoms with van der Waals surface area (Å²) in [5, 5.41) is 11.5. The number of aromatic nitrogens is 1. The highest BCUT2D eigenvalue weighted by molar-refractivity contribution is 7.19. The minimum atomic E-state index is -0.756. The van der Waals surface area contributed by atoms with E-state index in [0.29, 0.717) is 26.1 Å². The fraction of sp³-hybridized carbons (Fsp3) is 0.727. The number of ether oxygens (including phenoxy) is 2. The van der Waals surface area contributed by atoms with Crippen molar-refractivity contribution < 1.29 is 14.6 Å². The first-order chi connectivity index (χ1) is 8.12. The second kappa shape index (κ2) is 4.30. The molecule has 0 atom stereocenters. The van der Waals surface area contributed by atoms with E-state index in [2.05, 4.69) is 4.98 Å². The van der Waals surface area contributed by atoms with Crippen LogP contribution in [0.3, 0.4) is 0 Å². The largest absolute Gasteiger partial charge is 0.383 e. The van der Waals surface area contributed by atoms with Crippen LogP contribution in [0.5, 0.6) is 0 Å². The maximum atomic E-state index is 10.7. The van der Waals surface area contributed by atoms with E-state index in [9.17, 15) is 5.11 Å². The Morgan fingerprint density at radius 2 is 1.88 bits per heavy atom. The van der Waals surface area contributed by atoms with Crippen LogP contribution < -0.4 is 3.74 Å². The van der Waals surface area contributed by atoms with Crippen molar-refractivity contribution in [2.75, 3.05) is 13.2 Å². The number of thiazole rings is 1. The van der Waals surface area contributed by atoms with Gasteiger partial charge in [-0.1, -0.05) is 3.74 Å². The van der Waals surface area contributed by atoms with E-state index < -0.39 is 11.4 Å². The molecule has 1 saturated heterocycles. The molecule has 2 fully saturated rings. The van der Waals surface area contributed by atoms with Gasteiger partial charge in [-0.2, -0.15) is 0 Å². The molecule has 0 bridgehead atoms. The molecule has 1 saturated carbocycles. The first-order valence-corrected chi connectivity index (χ1v) is 7.87. The van der Waals surface area contributed by atoms with Gasteiger partial charge in [-0.3, -0.25) is 0 Å². The van der Waals surface area contributed by atoms with Gasteiger partial charge in [0.15, 0.2) is 5.79 Å². The van der Waals surface area contributed by atoms with E-state index in [1.54, 1.807) is 11.3 Å². The molecule has 1 aliphatic carbocycles. The summed E-state index contributed by atoms with van der Waals surface area (Å²) < 4.78 is 12.6. The number of nitrogens with zero attached hydrogens (tertiary/aromatic N) is 1. The van der Waals surface area contributed by atoms with Crippen molar-refractivity contribution in [1.82, 2.24) is 4.98 Å². The summed E-state index contributed by atoms with van der Waals surface area (Å²) in [6.45, 7) is 1.36. The van der Waals surface area contributed by atoms with Gasteiger partial charge in [0.25, 0.3) is 16.3 Å². The van der Waals surface area contributed by atoms with E-state index in [1.165, 1.54) is 3.74 Å². The Morgan fingerprint density at radius 3 is 2.41 bits per heavy atom. The summed E-state index contributed by atoms with van der Waals surface area (Å²) in [5.41, 5.74) is -0.756. The maximum Gasteiger partial charge on any atom is 0.278 e. The smallest absolute Gasteiger partial charge is 0.278 e. The SMILES string of the molecule is OC1(c2nc[c]([AlH2])s2)CCC2(CC1)OCCO2. The highest BCUT2D eigenvalue weighted by Gasteiger charge is 2.47. The molecule has 2 heterocycles. The molecule has 2 aliphatic rings. The first-order valence-electron chi connectivity index (χ1n) is 6.05. The van der Waals surface area contributed by atoms with Gasteiger partial charge in [0.2, 0.25) is 0 Å². The van der Waals surface area contributed by atoms with Crippen molar-refractivity contribution >= 4 is 31.4 Å². The third-order valence-corrected chi connectivity index (χ3v) is 5.65. The Kier molecular flexibility index (Phi) is 3.06. The van der Waals surface area contributed by atoms with E-state index in [0.717, 1.165) is 34.1 Å². The molecule has 0 aromatic carbocycles. The normalized spacial score (nSPS) is 26.4. The summed E-state index contributed by atoms with van der Waals surface area (Å²) in [4.78, 5) is 4.35. The number of hydrogen-bond acceptors (Lipinski definition) is 5. The van der Waals surface area contributed by atoms with Crippen molar-refractivity contribution in [2.24, 2.45) is 0 Å². The first kappa shape index (κ1) is 12.1. The Labute approximate surface area is 112 Å². The van der Waals surface area contributed by atoms with Crippen molar-refractivity contribution in [2.45, 2.75) is 37.1 Å². The monoisotopic (exact) mass is 269 g/mol. The van der Waals surface area contributed by atoms with Crippen LogP contribution in [-0.4, -0.2) is 45.4 Å². The number of hydrogen-bond donors (Lipinski definition) is 1. The highest BCUT2D eigenvalue weighted by Crippen LogP contribution is 2.44. The van der Waals surface area contributed by atoms with Crippen LogP contribution in [0.15, 0.2) is 6.20 Å². The average molecular weight is 269 g/mol. The number of aliphatic hydroxyl groups is 1. The predicted octanol–water partition coefficient (Wildman–Crippen LogP) is -0.0938. The van der Waals surface area contributed by atoms with Crippen LogP contribution in [0.2, 0.25) is 0 Å². The van der Waals surface area contributed by atoms with Gasteiger partial charge in [0.05, 0.1) is 13.2 Å². The van der Waals surface area contributed by atoms with Crippen molar-refractivity contribution in [3.8, 4) is 0 Å². The lowest BCUT2D eigenvalue weighted by Crippen LogP contribution is -2.42. The molecular weight excluding hydrogens is 253 g/mol. The Bertz CT molecular complexity index is 407. The van der Waals surface area contributed by atoms with E-state index in [-0.39, 0.29) is 0 Å². The molecule has 1 N–H and O–H groups in total. The van der Waals surface area contributed by atoms with E-state index in [4.69, 9.17) is 9.47 Å². The number of rotatable bonds is 1. The average Bonchev–Trinajstić information content (AvgIpc) is 2.94. The third kappa shape index (κ3) is 2.19. The zero-order valence-electron chi connectivity index (χ0n) is 9.94. The second-order valence-corrected chi connectivity index (χ2v) is 7.95. The standard InChI is InChI=1S/C11H14NO3S.Al.2H/c13-10(9-12-5-8-16-9)1-3-11(4-2-10)14-6-7-15-11;;;/h5,13H,1-4,6-7H2;;;. The topological polar surface area (TPSA) is 51.6 Å². The van der Waals surface area contributed by atoms with E-state index in [1.807, 2.05) is 6.20 Å². The van der Waals surface area contributed by atoms with Gasteiger partial charge in [0.1, 0.15) is 10.6 Å². The van der Waals surface area contributed by atoms with Gasteiger partial charge < -0.3 is 14.6 Å². The second-order valence-electron chi connectivity index (χ2n) is 4.92. The van der Waals surface area contributed by atoms with Crippen LogP contribution in [0, 0.1) is 0 Å². The molecule has 17 heavy (non-hydrogen) atoms. The quantitative estimate of drug-likeness (QED) is 0.724. The van der Waals surface area contributed by atoms with Crippen LogP contribution in [0.25, 0.3) is 0 Å². The lowest BCUT2D eigenvalue weighted by Gasteiger charge is -2.39.